The molecule has 6 rings (SSSR count). The Hall–Kier alpha value is -3.32. The lowest BCUT2D eigenvalue weighted by Gasteiger charge is -2.52. The third-order valence-electron chi connectivity index (χ3n) is 11.1. The van der Waals surface area contributed by atoms with Crippen LogP contribution >= 0.6 is 0 Å². The molecule has 0 radical (unpaired) electrons. The maximum atomic E-state index is 14.4. The summed E-state index contributed by atoms with van der Waals surface area (Å²) in [6.45, 7) is 9.83. The number of aliphatic hydroxyl groups is 3. The van der Waals surface area contributed by atoms with Gasteiger partial charge in [-0.1, -0.05) is 55.9 Å². The third-order valence-corrected chi connectivity index (χ3v) is 11.1. The number of hydrogen-bond donors (Lipinski definition) is 3. The third kappa shape index (κ3) is 7.75. The highest BCUT2D eigenvalue weighted by Crippen LogP contribution is 2.48. The van der Waals surface area contributed by atoms with Crippen molar-refractivity contribution in [3.63, 3.8) is 0 Å². The van der Waals surface area contributed by atoms with Gasteiger partial charge in [0.1, 0.15) is 42.5 Å². The van der Waals surface area contributed by atoms with Crippen LogP contribution in [0.3, 0.4) is 0 Å². The van der Waals surface area contributed by atoms with E-state index < -0.39 is 59.8 Å². The summed E-state index contributed by atoms with van der Waals surface area (Å²) in [5.74, 6) is -3.78. The first kappa shape index (κ1) is 37.4. The molecule has 3 fully saturated rings. The van der Waals surface area contributed by atoms with Crippen LogP contribution in [-0.2, 0) is 39.7 Å². The normalized spacial score (nSPS) is 39.1. The van der Waals surface area contributed by atoms with E-state index in [-0.39, 0.29) is 49.6 Å². The van der Waals surface area contributed by atoms with Gasteiger partial charge in [-0.3, -0.25) is 9.59 Å². The number of furan rings is 1. The van der Waals surface area contributed by atoms with Gasteiger partial charge in [0, 0.05) is 18.4 Å². The lowest BCUT2D eigenvalue weighted by molar-refractivity contribution is -0.363. The Morgan fingerprint density at radius 3 is 2.71 bits per heavy atom. The molecule has 1 aliphatic carbocycles. The van der Waals surface area contributed by atoms with Crippen LogP contribution in [0, 0.1) is 17.8 Å². The van der Waals surface area contributed by atoms with Crippen molar-refractivity contribution in [1.82, 2.24) is 0 Å². The number of esters is 2. The highest BCUT2D eigenvalue weighted by Gasteiger charge is 2.61. The van der Waals surface area contributed by atoms with Gasteiger partial charge < -0.3 is 43.4 Å². The molecule has 5 heterocycles. The minimum Gasteiger partial charge on any atom is -0.472 e. The molecule has 0 amide bonds. The van der Waals surface area contributed by atoms with Crippen LogP contribution < -0.4 is 0 Å². The van der Waals surface area contributed by atoms with Gasteiger partial charge in [-0.05, 0) is 74.7 Å². The average molecular weight is 709 g/mol. The number of ether oxygens (including phenoxy) is 5. The van der Waals surface area contributed by atoms with Gasteiger partial charge in [0.2, 0.25) is 0 Å². The lowest BCUT2D eigenvalue weighted by atomic mass is 9.70. The zero-order valence-corrected chi connectivity index (χ0v) is 30.2. The highest BCUT2D eigenvalue weighted by molar-refractivity contribution is 5.79. The predicted molar refractivity (Wildman–Crippen MR) is 186 cm³/mol. The van der Waals surface area contributed by atoms with Crippen molar-refractivity contribution < 1.29 is 53.0 Å². The summed E-state index contributed by atoms with van der Waals surface area (Å²) in [5, 5.41) is 35.4. The van der Waals surface area contributed by atoms with E-state index in [1.807, 2.05) is 39.0 Å². The molecule has 11 heteroatoms. The second-order valence-electron chi connectivity index (χ2n) is 15.1. The summed E-state index contributed by atoms with van der Waals surface area (Å²) < 4.78 is 36.1. The first-order valence-corrected chi connectivity index (χ1v) is 18.1. The van der Waals surface area contributed by atoms with E-state index in [4.69, 9.17) is 28.1 Å². The van der Waals surface area contributed by atoms with E-state index in [9.17, 15) is 24.9 Å². The molecular weight excluding hydrogens is 656 g/mol. The summed E-state index contributed by atoms with van der Waals surface area (Å²) in [7, 11) is 0. The van der Waals surface area contributed by atoms with Crippen LogP contribution in [0.15, 0.2) is 81.8 Å². The fourth-order valence-corrected chi connectivity index (χ4v) is 8.24. The fraction of sp³-hybridized carbons (Fsp3) is 0.600. The molecule has 1 spiro atoms. The van der Waals surface area contributed by atoms with Gasteiger partial charge in [-0.15, -0.1) is 0 Å². The van der Waals surface area contributed by atoms with Gasteiger partial charge in [0.25, 0.3) is 0 Å². The van der Waals surface area contributed by atoms with Crippen molar-refractivity contribution in [2.24, 2.45) is 17.8 Å². The largest absolute Gasteiger partial charge is 0.472 e. The average Bonchev–Trinajstić information content (AvgIpc) is 3.72. The van der Waals surface area contributed by atoms with Crippen LogP contribution in [0.1, 0.15) is 72.3 Å². The van der Waals surface area contributed by atoms with Crippen molar-refractivity contribution in [1.29, 1.82) is 0 Å². The first-order chi connectivity index (χ1) is 24.3. The van der Waals surface area contributed by atoms with Crippen LogP contribution in [0.4, 0.5) is 0 Å². The second-order valence-corrected chi connectivity index (χ2v) is 15.1. The first-order valence-electron chi connectivity index (χ1n) is 18.1. The van der Waals surface area contributed by atoms with Gasteiger partial charge in [-0.25, -0.2) is 0 Å². The summed E-state index contributed by atoms with van der Waals surface area (Å²) in [6.07, 6.45) is 11.3. The van der Waals surface area contributed by atoms with E-state index in [0.29, 0.717) is 30.4 Å². The number of carbonyl (C=O) groups is 2. The van der Waals surface area contributed by atoms with E-state index in [1.54, 1.807) is 12.1 Å². The topological polar surface area (TPSA) is 154 Å². The maximum absolute atomic E-state index is 14.4. The minimum absolute atomic E-state index is 0.0204. The van der Waals surface area contributed by atoms with Crippen molar-refractivity contribution >= 4 is 11.9 Å². The number of aliphatic hydroxyl groups excluding tert-OH is 2. The van der Waals surface area contributed by atoms with Gasteiger partial charge in [0.05, 0.1) is 37.8 Å². The van der Waals surface area contributed by atoms with Crippen molar-refractivity contribution in [3.05, 3.63) is 82.9 Å². The van der Waals surface area contributed by atoms with Gasteiger partial charge in [0.15, 0.2) is 5.79 Å². The Kier molecular flexibility index (Phi) is 11.3. The van der Waals surface area contributed by atoms with E-state index in [1.165, 1.54) is 24.2 Å². The van der Waals surface area contributed by atoms with E-state index >= 15 is 0 Å². The van der Waals surface area contributed by atoms with Crippen molar-refractivity contribution in [2.45, 2.75) is 121 Å². The number of allylic oxidation sites excluding steroid dienone is 5. The van der Waals surface area contributed by atoms with E-state index in [0.717, 1.165) is 12.0 Å². The molecule has 51 heavy (non-hydrogen) atoms. The molecule has 11 nitrogen and oxygen atoms in total. The molecule has 0 saturated carbocycles. The summed E-state index contributed by atoms with van der Waals surface area (Å²) >= 11 is 0. The Labute approximate surface area is 299 Å². The van der Waals surface area contributed by atoms with Gasteiger partial charge in [-0.2, -0.15) is 0 Å². The Morgan fingerprint density at radius 1 is 1.16 bits per heavy atom. The number of hydrogen-bond acceptors (Lipinski definition) is 11. The van der Waals surface area contributed by atoms with Gasteiger partial charge >= 0.3 is 11.9 Å². The van der Waals surface area contributed by atoms with Crippen LogP contribution in [-0.4, -0.2) is 88.5 Å². The van der Waals surface area contributed by atoms with E-state index in [2.05, 4.69) is 19.9 Å². The zero-order chi connectivity index (χ0) is 36.5. The molecule has 278 valence electrons. The molecule has 1 aromatic heterocycles. The molecule has 5 aliphatic rings. The Bertz CT molecular complexity index is 1590. The zero-order valence-electron chi connectivity index (χ0n) is 30.2. The molecule has 1 unspecified atom stereocenters. The monoisotopic (exact) mass is 708 g/mol. The summed E-state index contributed by atoms with van der Waals surface area (Å²) in [5.41, 5.74) is 1.54. The Morgan fingerprint density at radius 2 is 1.96 bits per heavy atom. The second kappa shape index (κ2) is 15.3. The standard InChI is InChI=1S/C40H52O11/c1-6-25(4)36-26(5)15-33(41)39(51-36)19-31-18-30(50-39)11-10-24(3)14-23(2)8-7-9-29-22-48-37-35(43)28(17-32(38(44)49-31)40(29,37)45)21-47-34(42)16-27-12-13-46-20-27/h6-10,12-13,17,20,23,26,30-33,35-37,41,43,45H,11,14-16,18-19,21-22H2,1-5H3/b8-7?,24-10?,25-6+,29-9?/t23-,26-,30+,31-,32-,33+,35+,36+,37?,39-,40+/m0/s1. The van der Waals surface area contributed by atoms with Crippen LogP contribution in [0.2, 0.25) is 0 Å². The molecule has 3 N–H and O–H groups in total. The van der Waals surface area contributed by atoms with Crippen molar-refractivity contribution in [3.8, 4) is 0 Å². The van der Waals surface area contributed by atoms with Crippen molar-refractivity contribution in [2.75, 3.05) is 13.2 Å². The molecular formula is C40H52O11. The highest BCUT2D eigenvalue weighted by atomic mass is 16.7. The summed E-state index contributed by atoms with van der Waals surface area (Å²) in [4.78, 5) is 27.0. The molecule has 3 saturated heterocycles. The molecule has 11 atom stereocenters. The van der Waals surface area contributed by atoms with Crippen LogP contribution in [0.25, 0.3) is 0 Å². The Balaban J connectivity index is 1.34. The minimum atomic E-state index is -1.94. The molecule has 1 aromatic rings. The predicted octanol–water partition coefficient (Wildman–Crippen LogP) is 4.81. The number of fused-ring (bicyclic) bond motifs is 2. The smallest absolute Gasteiger partial charge is 0.316 e. The SMILES string of the molecule is C/C=C(\C)[C@H]1O[C@@]2(C[C@@H]3C[C@@H](CC=C(C)C[C@@H](C)C=CC=C4COC5[C@H](O)C(COC(=O)Cc6ccoc6)=C[C@@H](C(=O)O3)[C@]45O)O2)[C@H](O)C[C@@H]1C. The van der Waals surface area contributed by atoms with Crippen LogP contribution in [0.5, 0.6) is 0 Å². The molecule has 2 bridgehead atoms. The quantitative estimate of drug-likeness (QED) is 0.285. The summed E-state index contributed by atoms with van der Waals surface area (Å²) in [6, 6.07) is 1.66. The molecule has 0 aromatic carbocycles. The lowest BCUT2D eigenvalue weighted by Crippen LogP contribution is -2.62. The number of carbonyl (C=O) groups excluding carboxylic acids is 2. The number of rotatable bonds is 5. The maximum Gasteiger partial charge on any atom is 0.316 e. The molecule has 4 aliphatic heterocycles. The fourth-order valence-electron chi connectivity index (χ4n) is 8.24.